The number of ether oxygens (including phenoxy) is 1. The number of hydrogen-bond acceptors (Lipinski definition) is 4. The minimum atomic E-state index is 0.0706. The van der Waals surface area contributed by atoms with E-state index < -0.39 is 0 Å². The zero-order valence-electron chi connectivity index (χ0n) is 16.4. The van der Waals surface area contributed by atoms with Crippen molar-refractivity contribution in [3.05, 3.63) is 24.4 Å². The number of anilines is 1. The number of hydrogen-bond donors (Lipinski definition) is 1. The van der Waals surface area contributed by atoms with Crippen LogP contribution in [0, 0.1) is 17.8 Å². The summed E-state index contributed by atoms with van der Waals surface area (Å²) in [4.78, 5) is 22.1. The molecule has 4 bridgehead atoms. The Labute approximate surface area is 166 Å². The molecule has 7 rings (SSSR count). The summed E-state index contributed by atoms with van der Waals surface area (Å²) in [5.41, 5.74) is 0.0706. The second-order valence-electron chi connectivity index (χ2n) is 9.89. The molecule has 0 radical (unpaired) electrons. The van der Waals surface area contributed by atoms with E-state index >= 15 is 0 Å². The van der Waals surface area contributed by atoms with E-state index in [-0.39, 0.29) is 23.7 Å². The lowest BCUT2D eigenvalue weighted by atomic mass is 9.53. The maximum atomic E-state index is 13.2. The second kappa shape index (κ2) is 6.34. The van der Waals surface area contributed by atoms with Gasteiger partial charge < -0.3 is 19.9 Å². The second-order valence-corrected chi connectivity index (χ2v) is 9.89. The third-order valence-electron chi connectivity index (χ3n) is 7.94. The summed E-state index contributed by atoms with van der Waals surface area (Å²) in [6.45, 7) is 2.94. The summed E-state index contributed by atoms with van der Waals surface area (Å²) in [5.74, 6) is 3.52. The maximum absolute atomic E-state index is 13.2. The van der Waals surface area contributed by atoms with Gasteiger partial charge in [0, 0.05) is 24.8 Å². The van der Waals surface area contributed by atoms with Crippen LogP contribution in [0.5, 0.6) is 0 Å². The van der Waals surface area contributed by atoms with Crippen LogP contribution in [0.1, 0.15) is 38.5 Å². The quantitative estimate of drug-likeness (QED) is 0.854. The topological polar surface area (TPSA) is 57.7 Å². The monoisotopic (exact) mass is 382 g/mol. The highest BCUT2D eigenvalue weighted by atomic mass is 16.5. The smallest absolute Gasteiger partial charge is 0.317 e. The molecule has 4 aliphatic carbocycles. The SMILES string of the molecule is O=C(NC12CC3CC(CC(C3)C1)C2)N1C[C@@H]2OCCN(c3ccccn3)[C@H]2C1. The van der Waals surface area contributed by atoms with Crippen LogP contribution in [0.2, 0.25) is 0 Å². The number of urea groups is 1. The number of aromatic nitrogens is 1. The average Bonchev–Trinajstić information content (AvgIpc) is 3.12. The minimum absolute atomic E-state index is 0.0706. The molecule has 1 aromatic rings. The van der Waals surface area contributed by atoms with E-state index in [0.29, 0.717) is 13.2 Å². The predicted octanol–water partition coefficient (Wildman–Crippen LogP) is 2.65. The Morgan fingerprint density at radius 3 is 2.54 bits per heavy atom. The number of fused-ring (bicyclic) bond motifs is 1. The van der Waals surface area contributed by atoms with Crippen molar-refractivity contribution < 1.29 is 9.53 Å². The molecule has 1 aromatic heterocycles. The molecule has 2 atom stereocenters. The van der Waals surface area contributed by atoms with E-state index in [1.54, 1.807) is 0 Å². The zero-order valence-corrected chi connectivity index (χ0v) is 16.4. The maximum Gasteiger partial charge on any atom is 0.317 e. The summed E-state index contributed by atoms with van der Waals surface area (Å²) < 4.78 is 6.04. The fourth-order valence-corrected chi connectivity index (χ4v) is 7.23. The highest BCUT2D eigenvalue weighted by Crippen LogP contribution is 2.55. The summed E-state index contributed by atoms with van der Waals surface area (Å²) >= 11 is 0. The zero-order chi connectivity index (χ0) is 18.7. The molecule has 6 heteroatoms. The summed E-state index contributed by atoms with van der Waals surface area (Å²) in [6.07, 6.45) is 9.71. The lowest BCUT2D eigenvalue weighted by Crippen LogP contribution is -2.61. The van der Waals surface area contributed by atoms with Gasteiger partial charge in [0.15, 0.2) is 0 Å². The van der Waals surface area contributed by atoms with Crippen LogP contribution in [0.4, 0.5) is 10.6 Å². The van der Waals surface area contributed by atoms with Gasteiger partial charge in [-0.05, 0) is 68.4 Å². The van der Waals surface area contributed by atoms with Gasteiger partial charge in [-0.15, -0.1) is 0 Å². The summed E-state index contributed by atoms with van der Waals surface area (Å²) in [5, 5.41) is 3.53. The first-order valence-electron chi connectivity index (χ1n) is 11.0. The first-order valence-corrected chi connectivity index (χ1v) is 11.0. The van der Waals surface area contributed by atoms with Gasteiger partial charge >= 0.3 is 6.03 Å². The Morgan fingerprint density at radius 1 is 1.11 bits per heavy atom. The number of amides is 2. The molecule has 0 aromatic carbocycles. The van der Waals surface area contributed by atoms with E-state index in [1.807, 2.05) is 23.2 Å². The molecule has 150 valence electrons. The van der Waals surface area contributed by atoms with Crippen LogP contribution < -0.4 is 10.2 Å². The highest BCUT2D eigenvalue weighted by molar-refractivity contribution is 5.76. The standard InChI is InChI=1S/C22H30N4O2/c27-21(24-22-10-15-7-16(11-22)9-17(8-15)12-22)25-13-18-19(14-25)28-6-5-26(18)20-3-1-2-4-23-20/h1-4,15-19H,5-14H2,(H,24,27)/t15?,16?,17?,18-,19-,22?/m0/s1. The Morgan fingerprint density at radius 2 is 1.86 bits per heavy atom. The van der Waals surface area contributed by atoms with Crippen LogP contribution in [-0.4, -0.2) is 59.8 Å². The molecule has 28 heavy (non-hydrogen) atoms. The van der Waals surface area contributed by atoms with Crippen molar-refractivity contribution >= 4 is 11.8 Å². The Kier molecular flexibility index (Phi) is 3.87. The number of pyridine rings is 1. The van der Waals surface area contributed by atoms with E-state index in [9.17, 15) is 4.79 Å². The molecule has 0 unspecified atom stereocenters. The first kappa shape index (κ1) is 17.1. The molecular formula is C22H30N4O2. The number of likely N-dealkylation sites (tertiary alicyclic amines) is 1. The minimum Gasteiger partial charge on any atom is -0.372 e. The van der Waals surface area contributed by atoms with Crippen LogP contribution in [0.25, 0.3) is 0 Å². The fourth-order valence-electron chi connectivity index (χ4n) is 7.23. The van der Waals surface area contributed by atoms with Crippen molar-refractivity contribution in [2.45, 2.75) is 56.2 Å². The van der Waals surface area contributed by atoms with E-state index in [0.717, 1.165) is 36.7 Å². The third-order valence-corrected chi connectivity index (χ3v) is 7.94. The van der Waals surface area contributed by atoms with Crippen LogP contribution >= 0.6 is 0 Å². The van der Waals surface area contributed by atoms with Crippen LogP contribution in [-0.2, 0) is 4.74 Å². The Bertz CT molecular complexity index is 719. The summed E-state index contributed by atoms with van der Waals surface area (Å²) in [7, 11) is 0. The molecule has 1 N–H and O–H groups in total. The van der Waals surface area contributed by atoms with Crippen LogP contribution in [0.3, 0.4) is 0 Å². The summed E-state index contributed by atoms with van der Waals surface area (Å²) in [6, 6.07) is 6.35. The third kappa shape index (κ3) is 2.79. The molecule has 2 aliphatic heterocycles. The van der Waals surface area contributed by atoms with Crippen molar-refractivity contribution in [3.8, 4) is 0 Å². The number of nitrogens with one attached hydrogen (secondary N) is 1. The van der Waals surface area contributed by atoms with Gasteiger partial charge in [0.25, 0.3) is 0 Å². The molecule has 0 spiro atoms. The van der Waals surface area contributed by atoms with Gasteiger partial charge in [0.2, 0.25) is 0 Å². The number of rotatable bonds is 2. The number of morpholine rings is 1. The van der Waals surface area contributed by atoms with Crippen molar-refractivity contribution in [3.63, 3.8) is 0 Å². The molecule has 3 heterocycles. The van der Waals surface area contributed by atoms with Crippen molar-refractivity contribution in [1.29, 1.82) is 0 Å². The van der Waals surface area contributed by atoms with E-state index in [1.165, 1.54) is 38.5 Å². The van der Waals surface area contributed by atoms with Crippen molar-refractivity contribution in [2.24, 2.45) is 17.8 Å². The van der Waals surface area contributed by atoms with E-state index in [4.69, 9.17) is 4.74 Å². The van der Waals surface area contributed by atoms with Gasteiger partial charge in [0.05, 0.1) is 25.3 Å². The highest BCUT2D eigenvalue weighted by Gasteiger charge is 2.52. The molecule has 6 fully saturated rings. The molecule has 2 amide bonds. The van der Waals surface area contributed by atoms with Gasteiger partial charge in [-0.1, -0.05) is 6.07 Å². The Hall–Kier alpha value is -1.82. The molecule has 6 aliphatic rings. The van der Waals surface area contributed by atoms with Gasteiger partial charge in [-0.25, -0.2) is 9.78 Å². The lowest BCUT2D eigenvalue weighted by molar-refractivity contribution is -0.0157. The van der Waals surface area contributed by atoms with E-state index in [2.05, 4.69) is 21.3 Å². The van der Waals surface area contributed by atoms with Crippen molar-refractivity contribution in [1.82, 2.24) is 15.2 Å². The first-order chi connectivity index (χ1) is 13.7. The van der Waals surface area contributed by atoms with Crippen molar-refractivity contribution in [2.75, 3.05) is 31.1 Å². The number of carbonyl (C=O) groups is 1. The molecule has 2 saturated heterocycles. The molecule has 4 saturated carbocycles. The predicted molar refractivity (Wildman–Crippen MR) is 106 cm³/mol. The normalized spacial score (nSPS) is 41.2. The van der Waals surface area contributed by atoms with Crippen LogP contribution in [0.15, 0.2) is 24.4 Å². The lowest BCUT2D eigenvalue weighted by Gasteiger charge is -2.57. The number of nitrogens with zero attached hydrogens (tertiary/aromatic N) is 3. The Balaban J connectivity index is 1.16. The van der Waals surface area contributed by atoms with Gasteiger partial charge in [-0.3, -0.25) is 0 Å². The molecular weight excluding hydrogens is 352 g/mol. The van der Waals surface area contributed by atoms with Gasteiger partial charge in [0.1, 0.15) is 5.82 Å². The average molecular weight is 383 g/mol. The van der Waals surface area contributed by atoms with Gasteiger partial charge in [-0.2, -0.15) is 0 Å². The largest absolute Gasteiger partial charge is 0.372 e. The fraction of sp³-hybridized carbons (Fsp3) is 0.727. The molecule has 6 nitrogen and oxygen atoms in total. The number of carbonyl (C=O) groups excluding carboxylic acids is 1.